The van der Waals surface area contributed by atoms with Crippen molar-refractivity contribution in [2.45, 2.75) is 57.2 Å². The minimum atomic E-state index is -0.478. The van der Waals surface area contributed by atoms with E-state index in [4.69, 9.17) is 0 Å². The summed E-state index contributed by atoms with van der Waals surface area (Å²) in [4.78, 5) is 18.9. The van der Waals surface area contributed by atoms with Crippen LogP contribution in [-0.4, -0.2) is 52.2 Å². The molecule has 2 N–H and O–H groups in total. The molecule has 1 amide bonds. The third-order valence-corrected chi connectivity index (χ3v) is 4.92. The first-order chi connectivity index (χ1) is 10.6. The van der Waals surface area contributed by atoms with Crippen molar-refractivity contribution in [2.24, 2.45) is 0 Å². The van der Waals surface area contributed by atoms with Gasteiger partial charge in [0.1, 0.15) is 0 Å². The van der Waals surface area contributed by atoms with E-state index in [0.29, 0.717) is 5.56 Å². The van der Waals surface area contributed by atoms with Crippen molar-refractivity contribution in [3.05, 3.63) is 29.6 Å². The van der Waals surface area contributed by atoms with Gasteiger partial charge in [-0.15, -0.1) is 0 Å². The summed E-state index contributed by atoms with van der Waals surface area (Å²) >= 11 is 0. The maximum atomic E-state index is 12.3. The first-order valence-electron chi connectivity index (χ1n) is 8.31. The number of carbonyl (C=O) groups excluding carboxylic acids is 1. The highest BCUT2D eigenvalue weighted by Gasteiger charge is 2.37. The number of pyridine rings is 1. The first kappa shape index (κ1) is 15.4. The Morgan fingerprint density at radius 3 is 2.73 bits per heavy atom. The van der Waals surface area contributed by atoms with Gasteiger partial charge in [-0.05, 0) is 64.3 Å². The van der Waals surface area contributed by atoms with Crippen molar-refractivity contribution < 1.29 is 9.90 Å². The number of aliphatic hydroxyl groups excluding tert-OH is 1. The van der Waals surface area contributed by atoms with Crippen molar-refractivity contribution >= 4 is 5.91 Å². The lowest BCUT2D eigenvalue weighted by Crippen LogP contribution is -2.56. The molecule has 1 aliphatic heterocycles. The second-order valence-corrected chi connectivity index (χ2v) is 6.50. The Balaban J connectivity index is 1.63. The fourth-order valence-electron chi connectivity index (χ4n) is 3.64. The Kier molecular flexibility index (Phi) is 4.74. The Morgan fingerprint density at radius 2 is 2.05 bits per heavy atom. The highest BCUT2D eigenvalue weighted by atomic mass is 16.3. The molecule has 22 heavy (non-hydrogen) atoms. The molecule has 1 saturated heterocycles. The number of aryl methyl sites for hydroxylation is 1. The molecule has 0 unspecified atom stereocenters. The number of carbonyl (C=O) groups is 1. The predicted molar refractivity (Wildman–Crippen MR) is 84.7 cm³/mol. The molecule has 0 bridgehead atoms. The van der Waals surface area contributed by atoms with Crippen LogP contribution in [0.4, 0.5) is 0 Å². The van der Waals surface area contributed by atoms with Crippen LogP contribution in [0, 0.1) is 6.92 Å². The largest absolute Gasteiger partial charge is 0.389 e. The normalized spacial score (nSPS) is 29.5. The maximum Gasteiger partial charge on any atom is 0.253 e. The number of amides is 1. The van der Waals surface area contributed by atoms with E-state index in [2.05, 4.69) is 15.2 Å². The molecule has 1 aliphatic carbocycles. The summed E-state index contributed by atoms with van der Waals surface area (Å²) < 4.78 is 0. The number of likely N-dealkylation sites (tertiary alicyclic amines) is 1. The van der Waals surface area contributed by atoms with Gasteiger partial charge in [0.25, 0.3) is 5.91 Å². The van der Waals surface area contributed by atoms with E-state index in [1.807, 2.05) is 13.0 Å². The van der Waals surface area contributed by atoms with E-state index in [1.165, 1.54) is 12.8 Å². The van der Waals surface area contributed by atoms with Gasteiger partial charge in [-0.2, -0.15) is 0 Å². The van der Waals surface area contributed by atoms with Crippen LogP contribution in [0.15, 0.2) is 18.3 Å². The van der Waals surface area contributed by atoms with Gasteiger partial charge in [-0.25, -0.2) is 0 Å². The van der Waals surface area contributed by atoms with Gasteiger partial charge in [-0.1, -0.05) is 0 Å². The van der Waals surface area contributed by atoms with Crippen LogP contribution in [0.2, 0.25) is 0 Å². The molecule has 1 aromatic rings. The maximum absolute atomic E-state index is 12.3. The highest BCUT2D eigenvalue weighted by molar-refractivity contribution is 5.94. The van der Waals surface area contributed by atoms with E-state index in [1.54, 1.807) is 12.3 Å². The number of aliphatic hydroxyl groups is 1. The summed E-state index contributed by atoms with van der Waals surface area (Å²) in [7, 11) is 0. The molecular weight excluding hydrogens is 278 g/mol. The van der Waals surface area contributed by atoms with Crippen LogP contribution in [0.5, 0.6) is 0 Å². The molecule has 5 nitrogen and oxygen atoms in total. The van der Waals surface area contributed by atoms with Crippen molar-refractivity contribution in [3.8, 4) is 0 Å². The second kappa shape index (κ2) is 6.75. The first-order valence-corrected chi connectivity index (χ1v) is 8.31. The summed E-state index contributed by atoms with van der Waals surface area (Å²) in [5.41, 5.74) is 1.45. The molecule has 5 heteroatoms. The van der Waals surface area contributed by atoms with Crippen molar-refractivity contribution in [3.63, 3.8) is 0 Å². The van der Waals surface area contributed by atoms with Crippen molar-refractivity contribution in [2.75, 3.05) is 13.1 Å². The lowest BCUT2D eigenvalue weighted by Gasteiger charge is -2.40. The number of hydrogen-bond donors (Lipinski definition) is 2. The average Bonchev–Trinajstić information content (AvgIpc) is 3.04. The third-order valence-electron chi connectivity index (χ3n) is 4.92. The Bertz CT molecular complexity index is 511. The quantitative estimate of drug-likeness (QED) is 0.888. The van der Waals surface area contributed by atoms with Crippen LogP contribution in [-0.2, 0) is 0 Å². The zero-order valence-corrected chi connectivity index (χ0v) is 13.2. The molecule has 2 heterocycles. The zero-order chi connectivity index (χ0) is 15.5. The highest BCUT2D eigenvalue weighted by Crippen LogP contribution is 2.26. The summed E-state index contributed by atoms with van der Waals surface area (Å²) in [5, 5.41) is 13.7. The van der Waals surface area contributed by atoms with Gasteiger partial charge < -0.3 is 10.4 Å². The number of aromatic nitrogens is 1. The molecular formula is C17H25N3O2. The van der Waals surface area contributed by atoms with Gasteiger partial charge in [-0.3, -0.25) is 14.7 Å². The summed E-state index contributed by atoms with van der Waals surface area (Å²) in [5.74, 6) is -0.140. The molecule has 3 rings (SSSR count). The summed E-state index contributed by atoms with van der Waals surface area (Å²) in [6.45, 7) is 4.04. The molecule has 1 aromatic heterocycles. The predicted octanol–water partition coefficient (Wildman–Crippen LogP) is 1.50. The van der Waals surface area contributed by atoms with Crippen LogP contribution < -0.4 is 5.32 Å². The van der Waals surface area contributed by atoms with E-state index in [9.17, 15) is 9.90 Å². The Hall–Kier alpha value is -1.46. The number of nitrogens with one attached hydrogen (secondary N) is 1. The van der Waals surface area contributed by atoms with Gasteiger partial charge in [0.15, 0.2) is 0 Å². The van der Waals surface area contributed by atoms with Crippen molar-refractivity contribution in [1.82, 2.24) is 15.2 Å². The van der Waals surface area contributed by atoms with Gasteiger partial charge in [0.2, 0.25) is 0 Å². The molecule has 2 fully saturated rings. The number of hydrogen-bond acceptors (Lipinski definition) is 4. The second-order valence-electron chi connectivity index (χ2n) is 6.50. The van der Waals surface area contributed by atoms with Gasteiger partial charge in [0.05, 0.1) is 17.7 Å². The Labute approximate surface area is 131 Å². The molecule has 2 aliphatic rings. The lowest BCUT2D eigenvalue weighted by atomic mass is 9.87. The van der Waals surface area contributed by atoms with Crippen LogP contribution in [0.1, 0.15) is 48.2 Å². The van der Waals surface area contributed by atoms with Gasteiger partial charge >= 0.3 is 0 Å². The molecule has 1 saturated carbocycles. The monoisotopic (exact) mass is 303 g/mol. The number of rotatable bonds is 3. The van der Waals surface area contributed by atoms with Gasteiger partial charge in [0, 0.05) is 17.9 Å². The van der Waals surface area contributed by atoms with Crippen LogP contribution in [0.3, 0.4) is 0 Å². The smallest absolute Gasteiger partial charge is 0.253 e. The minimum Gasteiger partial charge on any atom is -0.389 e. The van der Waals surface area contributed by atoms with E-state index < -0.39 is 6.10 Å². The zero-order valence-electron chi connectivity index (χ0n) is 13.2. The summed E-state index contributed by atoms with van der Waals surface area (Å²) in [6, 6.07) is 3.65. The van der Waals surface area contributed by atoms with E-state index in [-0.39, 0.29) is 18.0 Å². The van der Waals surface area contributed by atoms with E-state index in [0.717, 1.165) is 38.0 Å². The minimum absolute atomic E-state index is 0.140. The number of nitrogens with zero attached hydrogens (tertiary/aromatic N) is 2. The fraction of sp³-hybridized carbons (Fsp3) is 0.647. The van der Waals surface area contributed by atoms with Crippen LogP contribution >= 0.6 is 0 Å². The molecule has 3 atom stereocenters. The molecule has 0 spiro atoms. The molecule has 0 aromatic carbocycles. The van der Waals surface area contributed by atoms with Crippen LogP contribution in [0.25, 0.3) is 0 Å². The molecule has 0 radical (unpaired) electrons. The average molecular weight is 303 g/mol. The van der Waals surface area contributed by atoms with E-state index >= 15 is 0 Å². The third kappa shape index (κ3) is 3.31. The Morgan fingerprint density at radius 1 is 1.27 bits per heavy atom. The summed E-state index contributed by atoms with van der Waals surface area (Å²) in [6.07, 6.45) is 6.47. The topological polar surface area (TPSA) is 65.5 Å². The SMILES string of the molecule is Cc1ccc(C(=O)N[C@@H]2CCC[C@@H](N3CCCC3)[C@@H]2O)cn1. The standard InChI is InChI=1S/C17H25N3O2/c1-12-7-8-13(11-18-12)17(22)19-14-5-4-6-15(16(14)21)20-9-2-3-10-20/h7-8,11,14-16,21H,2-6,9-10H2,1H3,(H,19,22)/t14-,15-,16-/m1/s1. The fourth-order valence-corrected chi connectivity index (χ4v) is 3.64. The molecule has 120 valence electrons. The van der Waals surface area contributed by atoms with Crippen molar-refractivity contribution in [1.29, 1.82) is 0 Å². The lowest BCUT2D eigenvalue weighted by molar-refractivity contribution is 0.00703.